The number of hydrogen-bond donors (Lipinski definition) is 1. The summed E-state index contributed by atoms with van der Waals surface area (Å²) >= 11 is 0. The van der Waals surface area contributed by atoms with Gasteiger partial charge < -0.3 is 14.8 Å². The molecule has 0 aliphatic heterocycles. The van der Waals surface area contributed by atoms with Gasteiger partial charge in [0.15, 0.2) is 0 Å². The minimum Gasteiger partial charge on any atom is -0.493 e. The highest BCUT2D eigenvalue weighted by Gasteiger charge is 2.01. The summed E-state index contributed by atoms with van der Waals surface area (Å²) < 4.78 is 10.5. The lowest BCUT2D eigenvalue weighted by Gasteiger charge is -2.09. The van der Waals surface area contributed by atoms with Gasteiger partial charge in [-0.2, -0.15) is 0 Å². The molecule has 1 rings (SSSR count). The number of hydrogen-bond acceptors (Lipinski definition) is 3. The molecule has 0 heterocycles. The number of carbonyl (C=O) groups excluding carboxylic acids is 1. The van der Waals surface area contributed by atoms with Crippen LogP contribution in [-0.2, 0) is 16.0 Å². The van der Waals surface area contributed by atoms with E-state index < -0.39 is 0 Å². The van der Waals surface area contributed by atoms with Crippen molar-refractivity contribution in [2.45, 2.75) is 26.7 Å². The van der Waals surface area contributed by atoms with Crippen LogP contribution in [0.1, 0.15) is 25.8 Å². The second-order valence-corrected chi connectivity index (χ2v) is 5.19. The molecule has 0 spiro atoms. The lowest BCUT2D eigenvalue weighted by Crippen LogP contribution is -2.26. The first-order valence-electron chi connectivity index (χ1n) is 7.09. The molecule has 20 heavy (non-hydrogen) atoms. The summed E-state index contributed by atoms with van der Waals surface area (Å²) in [6.07, 6.45) is 1.24. The zero-order chi connectivity index (χ0) is 14.8. The lowest BCUT2D eigenvalue weighted by atomic mass is 10.1. The summed E-state index contributed by atoms with van der Waals surface area (Å²) in [5, 5.41) is 2.87. The predicted molar refractivity (Wildman–Crippen MR) is 80.0 cm³/mol. The maximum atomic E-state index is 11.4. The Kier molecular flexibility index (Phi) is 7.73. The van der Waals surface area contributed by atoms with E-state index in [0.717, 1.165) is 18.8 Å². The van der Waals surface area contributed by atoms with Gasteiger partial charge in [-0.3, -0.25) is 4.79 Å². The van der Waals surface area contributed by atoms with Crippen LogP contribution in [0.25, 0.3) is 0 Å². The molecule has 0 aliphatic rings. The van der Waals surface area contributed by atoms with Crippen molar-refractivity contribution in [3.8, 4) is 5.75 Å². The summed E-state index contributed by atoms with van der Waals surface area (Å²) in [5.41, 5.74) is 1.19. The maximum Gasteiger partial charge on any atom is 0.222 e. The molecular weight excluding hydrogens is 254 g/mol. The highest BCUT2D eigenvalue weighted by molar-refractivity contribution is 5.75. The quantitative estimate of drug-likeness (QED) is 0.755. The largest absolute Gasteiger partial charge is 0.493 e. The molecule has 0 atom stereocenters. The first-order valence-corrected chi connectivity index (χ1v) is 7.09. The van der Waals surface area contributed by atoms with Crippen molar-refractivity contribution < 1.29 is 14.3 Å². The Labute approximate surface area is 121 Å². The van der Waals surface area contributed by atoms with Crippen LogP contribution in [0.2, 0.25) is 0 Å². The Balaban J connectivity index is 2.26. The average molecular weight is 279 g/mol. The van der Waals surface area contributed by atoms with Gasteiger partial charge in [-0.05, 0) is 30.0 Å². The summed E-state index contributed by atoms with van der Waals surface area (Å²) in [4.78, 5) is 11.4. The second-order valence-electron chi connectivity index (χ2n) is 5.19. The summed E-state index contributed by atoms with van der Waals surface area (Å²) in [5.74, 6) is 1.45. The van der Waals surface area contributed by atoms with Crippen LogP contribution < -0.4 is 10.1 Å². The monoisotopic (exact) mass is 279 g/mol. The minimum absolute atomic E-state index is 0.0312. The molecular formula is C16H25NO3. The van der Waals surface area contributed by atoms with Gasteiger partial charge in [0, 0.05) is 20.1 Å². The normalized spacial score (nSPS) is 10.6. The lowest BCUT2D eigenvalue weighted by molar-refractivity contribution is -0.121. The van der Waals surface area contributed by atoms with E-state index in [4.69, 9.17) is 9.47 Å². The van der Waals surface area contributed by atoms with E-state index in [0.29, 0.717) is 25.5 Å². The number of benzene rings is 1. The van der Waals surface area contributed by atoms with Crippen LogP contribution in [0.5, 0.6) is 5.75 Å². The smallest absolute Gasteiger partial charge is 0.222 e. The van der Waals surface area contributed by atoms with Gasteiger partial charge >= 0.3 is 0 Å². The molecule has 1 N–H and O–H groups in total. The Morgan fingerprint density at radius 1 is 1.25 bits per heavy atom. The molecule has 0 aliphatic carbocycles. The van der Waals surface area contributed by atoms with Crippen molar-refractivity contribution in [3.63, 3.8) is 0 Å². The van der Waals surface area contributed by atoms with Crippen molar-refractivity contribution in [1.82, 2.24) is 5.32 Å². The molecule has 1 amide bonds. The number of carbonyl (C=O) groups is 1. The first-order chi connectivity index (χ1) is 9.61. The van der Waals surface area contributed by atoms with Gasteiger partial charge in [0.05, 0.1) is 13.2 Å². The van der Waals surface area contributed by atoms with Gasteiger partial charge in [0.2, 0.25) is 5.91 Å². The van der Waals surface area contributed by atoms with Gasteiger partial charge in [0.1, 0.15) is 5.75 Å². The highest BCUT2D eigenvalue weighted by Crippen LogP contribution is 2.13. The van der Waals surface area contributed by atoms with Crippen LogP contribution >= 0.6 is 0 Å². The van der Waals surface area contributed by atoms with Crippen LogP contribution in [-0.4, -0.2) is 32.8 Å². The molecule has 0 saturated carbocycles. The van der Waals surface area contributed by atoms with Crippen LogP contribution in [0.4, 0.5) is 0 Å². The summed E-state index contributed by atoms with van der Waals surface area (Å²) in [6.45, 7) is 6.10. The Morgan fingerprint density at radius 2 is 1.95 bits per heavy atom. The molecule has 0 saturated heterocycles. The number of methoxy groups -OCH3 is 1. The van der Waals surface area contributed by atoms with E-state index in [1.807, 2.05) is 24.3 Å². The van der Waals surface area contributed by atoms with Gasteiger partial charge in [-0.15, -0.1) is 0 Å². The first kappa shape index (κ1) is 16.5. The fraction of sp³-hybridized carbons (Fsp3) is 0.562. The van der Waals surface area contributed by atoms with Crippen molar-refractivity contribution in [2.75, 3.05) is 26.9 Å². The van der Waals surface area contributed by atoms with E-state index in [2.05, 4.69) is 19.2 Å². The van der Waals surface area contributed by atoms with Gasteiger partial charge in [-0.1, -0.05) is 26.0 Å². The maximum absolute atomic E-state index is 11.4. The third-order valence-corrected chi connectivity index (χ3v) is 2.78. The van der Waals surface area contributed by atoms with Gasteiger partial charge in [0.25, 0.3) is 0 Å². The van der Waals surface area contributed by atoms with Gasteiger partial charge in [-0.25, -0.2) is 0 Å². The number of rotatable bonds is 9. The number of ether oxygens (including phenoxy) is 2. The Hall–Kier alpha value is -1.55. The van der Waals surface area contributed by atoms with Crippen LogP contribution in [0.15, 0.2) is 24.3 Å². The average Bonchev–Trinajstić information content (AvgIpc) is 2.44. The standard InChI is InChI=1S/C16H25NO3/c1-13(2)12-20-15-6-4-14(5-7-15)8-10-17-16(18)9-11-19-3/h4-7,13H,8-12H2,1-3H3,(H,17,18). The third kappa shape index (κ3) is 7.14. The molecule has 0 fully saturated rings. The molecule has 0 aromatic heterocycles. The van der Waals surface area contributed by atoms with Crippen molar-refractivity contribution in [1.29, 1.82) is 0 Å². The number of nitrogens with one attached hydrogen (secondary N) is 1. The van der Waals surface area contributed by atoms with E-state index in [-0.39, 0.29) is 5.91 Å². The Bertz CT molecular complexity index is 387. The van der Waals surface area contributed by atoms with E-state index >= 15 is 0 Å². The minimum atomic E-state index is 0.0312. The predicted octanol–water partition coefficient (Wildman–Crippen LogP) is 2.42. The molecule has 0 unspecified atom stereocenters. The summed E-state index contributed by atoms with van der Waals surface area (Å²) in [6, 6.07) is 8.03. The van der Waals surface area contributed by atoms with Crippen LogP contribution in [0.3, 0.4) is 0 Å². The van der Waals surface area contributed by atoms with Crippen molar-refractivity contribution in [2.24, 2.45) is 5.92 Å². The molecule has 0 radical (unpaired) electrons. The third-order valence-electron chi connectivity index (χ3n) is 2.78. The second kappa shape index (κ2) is 9.37. The van der Waals surface area contributed by atoms with E-state index in [1.165, 1.54) is 5.56 Å². The molecule has 112 valence electrons. The van der Waals surface area contributed by atoms with E-state index in [1.54, 1.807) is 7.11 Å². The Morgan fingerprint density at radius 3 is 2.55 bits per heavy atom. The van der Waals surface area contributed by atoms with E-state index in [9.17, 15) is 4.79 Å². The van der Waals surface area contributed by atoms with Crippen molar-refractivity contribution >= 4 is 5.91 Å². The fourth-order valence-corrected chi connectivity index (χ4v) is 1.64. The summed E-state index contributed by atoms with van der Waals surface area (Å²) in [7, 11) is 1.59. The topological polar surface area (TPSA) is 47.6 Å². The molecule has 1 aromatic carbocycles. The van der Waals surface area contributed by atoms with Crippen molar-refractivity contribution in [3.05, 3.63) is 29.8 Å². The fourth-order valence-electron chi connectivity index (χ4n) is 1.64. The molecule has 1 aromatic rings. The molecule has 4 nitrogen and oxygen atoms in total. The molecule has 0 bridgehead atoms. The SMILES string of the molecule is COCCC(=O)NCCc1ccc(OCC(C)C)cc1. The zero-order valence-corrected chi connectivity index (χ0v) is 12.6. The van der Waals surface area contributed by atoms with Crippen LogP contribution in [0, 0.1) is 5.92 Å². The zero-order valence-electron chi connectivity index (χ0n) is 12.6. The molecule has 4 heteroatoms. The number of amides is 1. The highest BCUT2D eigenvalue weighted by atomic mass is 16.5.